The lowest BCUT2D eigenvalue weighted by Gasteiger charge is -2.29. The highest BCUT2D eigenvalue weighted by Gasteiger charge is 2.29. The number of hydrogen-bond acceptors (Lipinski definition) is 3. The maximum Gasteiger partial charge on any atom is 0.257 e. The minimum atomic E-state index is -3.69. The van der Waals surface area contributed by atoms with E-state index in [1.54, 1.807) is 6.07 Å². The highest BCUT2D eigenvalue weighted by Crippen LogP contribution is 2.28. The minimum Gasteiger partial charge on any atom is -0.322 e. The highest BCUT2D eigenvalue weighted by molar-refractivity contribution is 7.89. The maximum atomic E-state index is 12.9. The van der Waals surface area contributed by atoms with Crippen molar-refractivity contribution in [1.29, 1.82) is 0 Å². The first-order valence-electron chi connectivity index (χ1n) is 8.74. The standard InChI is InChI=1S/C19H19Cl3N2O3S/c1-12-4-6-24(7-5-12)28(26,27)16-2-3-18(22)17(11-16)19(25)23-15-9-13(20)8-14(21)10-15/h2-3,8-12H,4-7H2,1H3,(H,23,25). The third kappa shape index (κ3) is 4.81. The van der Waals surface area contributed by atoms with Crippen LogP contribution in [0.4, 0.5) is 5.69 Å². The van der Waals surface area contributed by atoms with Crippen LogP contribution in [0.15, 0.2) is 41.3 Å². The Kier molecular flexibility index (Phi) is 6.57. The van der Waals surface area contributed by atoms with Gasteiger partial charge in [0, 0.05) is 28.8 Å². The Hall–Kier alpha value is -1.31. The molecule has 0 atom stereocenters. The fraction of sp³-hybridized carbons (Fsp3) is 0.316. The number of nitrogens with one attached hydrogen (secondary N) is 1. The first-order chi connectivity index (χ1) is 13.2. The molecule has 1 aliphatic rings. The summed E-state index contributed by atoms with van der Waals surface area (Å²) < 4.78 is 27.3. The molecule has 0 bridgehead atoms. The lowest BCUT2D eigenvalue weighted by atomic mass is 10.0. The van der Waals surface area contributed by atoms with Crippen LogP contribution in [0, 0.1) is 5.92 Å². The Morgan fingerprint density at radius 2 is 1.64 bits per heavy atom. The molecular formula is C19H19Cl3N2O3S. The van der Waals surface area contributed by atoms with Crippen LogP contribution in [0.1, 0.15) is 30.1 Å². The molecule has 2 aromatic carbocycles. The average molecular weight is 462 g/mol. The molecule has 0 saturated carbocycles. The number of carbonyl (C=O) groups is 1. The molecule has 1 amide bonds. The minimum absolute atomic E-state index is 0.0423. The van der Waals surface area contributed by atoms with E-state index in [1.807, 2.05) is 0 Å². The monoisotopic (exact) mass is 460 g/mol. The second-order valence-electron chi connectivity index (χ2n) is 6.84. The third-order valence-corrected chi connectivity index (χ3v) is 7.34. The van der Waals surface area contributed by atoms with Gasteiger partial charge in [0.2, 0.25) is 10.0 Å². The summed E-state index contributed by atoms with van der Waals surface area (Å²) in [4.78, 5) is 12.7. The predicted molar refractivity (Wildman–Crippen MR) is 113 cm³/mol. The number of halogens is 3. The number of nitrogens with zero attached hydrogens (tertiary/aromatic N) is 1. The lowest BCUT2D eigenvalue weighted by molar-refractivity contribution is 0.102. The van der Waals surface area contributed by atoms with E-state index in [9.17, 15) is 13.2 Å². The van der Waals surface area contributed by atoms with E-state index in [1.165, 1.54) is 34.6 Å². The second-order valence-corrected chi connectivity index (χ2v) is 10.1. The van der Waals surface area contributed by atoms with Crippen molar-refractivity contribution in [3.05, 3.63) is 57.0 Å². The Balaban J connectivity index is 1.87. The molecule has 0 aromatic heterocycles. The number of carbonyl (C=O) groups excluding carboxylic acids is 1. The van der Waals surface area contributed by atoms with Gasteiger partial charge in [-0.3, -0.25) is 4.79 Å². The van der Waals surface area contributed by atoms with Crippen molar-refractivity contribution < 1.29 is 13.2 Å². The first kappa shape index (κ1) is 21.4. The van der Waals surface area contributed by atoms with Gasteiger partial charge in [0.25, 0.3) is 5.91 Å². The van der Waals surface area contributed by atoms with Crippen molar-refractivity contribution in [3.8, 4) is 0 Å². The second kappa shape index (κ2) is 8.59. The average Bonchev–Trinajstić information content (AvgIpc) is 2.61. The summed E-state index contributed by atoms with van der Waals surface area (Å²) in [5.74, 6) is -0.0461. The molecular weight excluding hydrogens is 443 g/mol. The molecule has 3 rings (SSSR count). The van der Waals surface area contributed by atoms with Gasteiger partial charge in [0.15, 0.2) is 0 Å². The Morgan fingerprint density at radius 3 is 2.25 bits per heavy atom. The van der Waals surface area contributed by atoms with Crippen LogP contribution in [-0.2, 0) is 10.0 Å². The molecule has 28 heavy (non-hydrogen) atoms. The van der Waals surface area contributed by atoms with Gasteiger partial charge < -0.3 is 5.32 Å². The van der Waals surface area contributed by atoms with Crippen molar-refractivity contribution in [3.63, 3.8) is 0 Å². The Bertz CT molecular complexity index is 983. The SMILES string of the molecule is CC1CCN(S(=O)(=O)c2ccc(Cl)c(C(=O)Nc3cc(Cl)cc(Cl)c3)c2)CC1. The van der Waals surface area contributed by atoms with Gasteiger partial charge in [-0.05, 0) is 55.2 Å². The fourth-order valence-electron chi connectivity index (χ4n) is 3.04. The van der Waals surface area contributed by atoms with E-state index in [0.29, 0.717) is 34.7 Å². The van der Waals surface area contributed by atoms with Crippen molar-refractivity contribution >= 4 is 56.4 Å². The topological polar surface area (TPSA) is 66.5 Å². The molecule has 0 radical (unpaired) electrons. The summed E-state index contributed by atoms with van der Waals surface area (Å²) in [6.45, 7) is 3.04. The van der Waals surface area contributed by atoms with Crippen LogP contribution >= 0.6 is 34.8 Å². The first-order valence-corrected chi connectivity index (χ1v) is 11.3. The molecule has 1 N–H and O–H groups in total. The highest BCUT2D eigenvalue weighted by atomic mass is 35.5. The van der Waals surface area contributed by atoms with Gasteiger partial charge >= 0.3 is 0 Å². The molecule has 2 aromatic rings. The lowest BCUT2D eigenvalue weighted by Crippen LogP contribution is -2.37. The largest absolute Gasteiger partial charge is 0.322 e. The number of amides is 1. The normalized spacial score (nSPS) is 16.1. The molecule has 1 aliphatic heterocycles. The Morgan fingerprint density at radius 1 is 1.04 bits per heavy atom. The fourth-order valence-corrected chi connectivity index (χ4v) is 5.26. The van der Waals surface area contributed by atoms with Crippen LogP contribution in [-0.4, -0.2) is 31.7 Å². The van der Waals surface area contributed by atoms with Gasteiger partial charge in [-0.25, -0.2) is 8.42 Å². The number of hydrogen-bond donors (Lipinski definition) is 1. The van der Waals surface area contributed by atoms with E-state index >= 15 is 0 Å². The van der Waals surface area contributed by atoms with Crippen LogP contribution in [0.2, 0.25) is 15.1 Å². The van der Waals surface area contributed by atoms with Crippen molar-refractivity contribution in [1.82, 2.24) is 4.31 Å². The maximum absolute atomic E-state index is 12.9. The van der Waals surface area contributed by atoms with Crippen molar-refractivity contribution in [2.24, 2.45) is 5.92 Å². The zero-order chi connectivity index (χ0) is 20.5. The molecule has 0 unspecified atom stereocenters. The number of anilines is 1. The summed E-state index contributed by atoms with van der Waals surface area (Å²) in [5, 5.41) is 3.52. The zero-order valence-electron chi connectivity index (χ0n) is 15.1. The number of sulfonamides is 1. The van der Waals surface area contributed by atoms with E-state index in [2.05, 4.69) is 12.2 Å². The van der Waals surface area contributed by atoms with E-state index in [0.717, 1.165) is 12.8 Å². The molecule has 0 spiro atoms. The molecule has 5 nitrogen and oxygen atoms in total. The van der Waals surface area contributed by atoms with Crippen molar-refractivity contribution in [2.45, 2.75) is 24.7 Å². The van der Waals surface area contributed by atoms with E-state index < -0.39 is 15.9 Å². The van der Waals surface area contributed by atoms with Gasteiger partial charge in [-0.1, -0.05) is 41.7 Å². The van der Waals surface area contributed by atoms with Crippen LogP contribution in [0.5, 0.6) is 0 Å². The van der Waals surface area contributed by atoms with Crippen molar-refractivity contribution in [2.75, 3.05) is 18.4 Å². The third-order valence-electron chi connectivity index (χ3n) is 4.68. The van der Waals surface area contributed by atoms with E-state index in [4.69, 9.17) is 34.8 Å². The summed E-state index contributed by atoms with van der Waals surface area (Å²) in [6, 6.07) is 8.75. The van der Waals surface area contributed by atoms with Gasteiger partial charge in [0.05, 0.1) is 15.5 Å². The van der Waals surface area contributed by atoms with Crippen LogP contribution < -0.4 is 5.32 Å². The molecule has 1 fully saturated rings. The summed E-state index contributed by atoms with van der Waals surface area (Å²) in [6.07, 6.45) is 1.63. The Labute approximate surface area is 179 Å². The summed E-state index contributed by atoms with van der Waals surface area (Å²) >= 11 is 18.0. The molecule has 150 valence electrons. The zero-order valence-corrected chi connectivity index (χ0v) is 18.2. The van der Waals surface area contributed by atoms with Gasteiger partial charge in [0.1, 0.15) is 0 Å². The molecule has 1 heterocycles. The van der Waals surface area contributed by atoms with E-state index in [-0.39, 0.29) is 15.5 Å². The quantitative estimate of drug-likeness (QED) is 0.670. The van der Waals surface area contributed by atoms with Crippen LogP contribution in [0.25, 0.3) is 0 Å². The van der Waals surface area contributed by atoms with Crippen LogP contribution in [0.3, 0.4) is 0 Å². The number of benzene rings is 2. The summed E-state index contributed by atoms with van der Waals surface area (Å²) in [7, 11) is -3.69. The molecule has 9 heteroatoms. The smallest absolute Gasteiger partial charge is 0.257 e. The van der Waals surface area contributed by atoms with Gasteiger partial charge in [-0.15, -0.1) is 0 Å². The van der Waals surface area contributed by atoms with Gasteiger partial charge in [-0.2, -0.15) is 4.31 Å². The summed E-state index contributed by atoms with van der Waals surface area (Å²) in [5.41, 5.74) is 0.445. The molecule has 1 saturated heterocycles. The molecule has 0 aliphatic carbocycles. The number of rotatable bonds is 4. The number of piperidine rings is 1. The predicted octanol–water partition coefficient (Wildman–Crippen LogP) is 5.32.